The number of hydrogen-bond donors (Lipinski definition) is 3. The van der Waals surface area contributed by atoms with Crippen molar-refractivity contribution < 1.29 is 10.2 Å². The van der Waals surface area contributed by atoms with Gasteiger partial charge in [-0.05, 0) is 54.4 Å². The van der Waals surface area contributed by atoms with Gasteiger partial charge in [0.2, 0.25) is 0 Å². The summed E-state index contributed by atoms with van der Waals surface area (Å²) in [6.45, 7) is 6.51. The average Bonchev–Trinajstić information content (AvgIpc) is 2.20. The number of aromatic hydroxyl groups is 1. The van der Waals surface area contributed by atoms with E-state index in [2.05, 4.69) is 21.2 Å². The van der Waals surface area contributed by atoms with E-state index in [0.29, 0.717) is 16.6 Å². The molecular weight excluding hydrogens is 305 g/mol. The maximum atomic E-state index is 10.0. The van der Waals surface area contributed by atoms with Gasteiger partial charge in [-0.3, -0.25) is 0 Å². The quantitative estimate of drug-likeness (QED) is 0.801. The van der Waals surface area contributed by atoms with Crippen LogP contribution < -0.4 is 5.32 Å². The first-order chi connectivity index (χ1) is 7.70. The number of rotatable bonds is 3. The Hall–Kier alpha value is -0.290. The molecule has 0 fully saturated rings. The number of aliphatic hydroxyl groups is 1. The highest BCUT2D eigenvalue weighted by Gasteiger charge is 2.16. The van der Waals surface area contributed by atoms with E-state index in [1.54, 1.807) is 12.1 Å². The molecule has 1 atom stereocenters. The van der Waals surface area contributed by atoms with Gasteiger partial charge in [0.05, 0.1) is 15.6 Å². The van der Waals surface area contributed by atoms with E-state index in [4.69, 9.17) is 11.6 Å². The fraction of sp³-hybridized carbons (Fsp3) is 0.500. The second kappa shape index (κ2) is 5.57. The predicted octanol–water partition coefficient (Wildman–Crippen LogP) is 3.23. The minimum atomic E-state index is -0.663. The van der Waals surface area contributed by atoms with E-state index in [0.717, 1.165) is 0 Å². The fourth-order valence-electron chi connectivity index (χ4n) is 1.30. The van der Waals surface area contributed by atoms with Gasteiger partial charge in [0.15, 0.2) is 0 Å². The van der Waals surface area contributed by atoms with Gasteiger partial charge in [0.25, 0.3) is 0 Å². The molecule has 0 heterocycles. The Morgan fingerprint density at radius 1 is 1.41 bits per heavy atom. The molecule has 0 saturated heterocycles. The van der Waals surface area contributed by atoms with Crippen LogP contribution in [0, 0.1) is 0 Å². The van der Waals surface area contributed by atoms with Crippen LogP contribution in [0.3, 0.4) is 0 Å². The Morgan fingerprint density at radius 3 is 2.47 bits per heavy atom. The molecule has 3 nitrogen and oxygen atoms in total. The second-order valence-corrected chi connectivity index (χ2v) is 6.24. The van der Waals surface area contributed by atoms with Crippen LogP contribution in [0.15, 0.2) is 16.6 Å². The predicted molar refractivity (Wildman–Crippen MR) is 73.5 cm³/mol. The maximum absolute atomic E-state index is 10.0. The SMILES string of the molecule is CC(C)(C)NCC(O)c1cc(Cl)c(O)c(Br)c1. The molecule has 0 amide bonds. The van der Waals surface area contributed by atoms with E-state index in [9.17, 15) is 10.2 Å². The molecule has 5 heteroatoms. The summed E-state index contributed by atoms with van der Waals surface area (Å²) in [5.41, 5.74) is 0.607. The van der Waals surface area contributed by atoms with Crippen LogP contribution in [0.2, 0.25) is 5.02 Å². The van der Waals surface area contributed by atoms with Crippen LogP contribution in [0.25, 0.3) is 0 Å². The Labute approximate surface area is 115 Å². The summed E-state index contributed by atoms with van der Waals surface area (Å²) in [5.74, 6) is -0.00797. The zero-order chi connectivity index (χ0) is 13.2. The Morgan fingerprint density at radius 2 is 2.00 bits per heavy atom. The van der Waals surface area contributed by atoms with Gasteiger partial charge in [-0.25, -0.2) is 0 Å². The van der Waals surface area contributed by atoms with Crippen molar-refractivity contribution >= 4 is 27.5 Å². The van der Waals surface area contributed by atoms with Crippen LogP contribution in [-0.2, 0) is 0 Å². The van der Waals surface area contributed by atoms with Gasteiger partial charge in [-0.15, -0.1) is 0 Å². The first-order valence-corrected chi connectivity index (χ1v) is 6.49. The summed E-state index contributed by atoms with van der Waals surface area (Å²) in [7, 11) is 0. The number of nitrogens with one attached hydrogen (secondary N) is 1. The van der Waals surface area contributed by atoms with Crippen LogP contribution >= 0.6 is 27.5 Å². The highest BCUT2D eigenvalue weighted by atomic mass is 79.9. The number of aliphatic hydroxyl groups excluding tert-OH is 1. The third-order valence-corrected chi connectivity index (χ3v) is 3.14. The van der Waals surface area contributed by atoms with Crippen molar-refractivity contribution in [2.75, 3.05) is 6.54 Å². The molecule has 0 aliphatic rings. The molecule has 0 aromatic heterocycles. The zero-order valence-electron chi connectivity index (χ0n) is 10.1. The lowest BCUT2D eigenvalue weighted by Crippen LogP contribution is -2.38. The largest absolute Gasteiger partial charge is 0.505 e. The van der Waals surface area contributed by atoms with E-state index in [1.165, 1.54) is 0 Å². The van der Waals surface area contributed by atoms with Gasteiger partial charge < -0.3 is 15.5 Å². The number of phenolic OH excluding ortho intramolecular Hbond substituents is 1. The molecule has 0 bridgehead atoms. The molecule has 1 rings (SSSR count). The Kier molecular flexibility index (Phi) is 4.84. The highest BCUT2D eigenvalue weighted by molar-refractivity contribution is 9.10. The maximum Gasteiger partial charge on any atom is 0.148 e. The number of benzene rings is 1. The van der Waals surface area contributed by atoms with E-state index in [-0.39, 0.29) is 16.3 Å². The van der Waals surface area contributed by atoms with Gasteiger partial charge in [0.1, 0.15) is 5.75 Å². The van der Waals surface area contributed by atoms with Gasteiger partial charge in [0, 0.05) is 12.1 Å². The van der Waals surface area contributed by atoms with Crippen molar-refractivity contribution in [3.8, 4) is 5.75 Å². The molecule has 0 radical (unpaired) electrons. The van der Waals surface area contributed by atoms with Crippen molar-refractivity contribution in [1.82, 2.24) is 5.32 Å². The first-order valence-electron chi connectivity index (χ1n) is 5.31. The highest BCUT2D eigenvalue weighted by Crippen LogP contribution is 2.34. The molecule has 0 spiro atoms. The summed E-state index contributed by atoms with van der Waals surface area (Å²) in [6, 6.07) is 3.23. The third-order valence-electron chi connectivity index (χ3n) is 2.25. The molecule has 1 unspecified atom stereocenters. The number of β-amino-alcohol motifs (C(OH)–C–C–N with tert-alkyl or cyclic N) is 1. The lowest BCUT2D eigenvalue weighted by Gasteiger charge is -2.23. The van der Waals surface area contributed by atoms with Crippen molar-refractivity contribution in [3.05, 3.63) is 27.2 Å². The van der Waals surface area contributed by atoms with Crippen LogP contribution in [0.5, 0.6) is 5.75 Å². The summed E-state index contributed by atoms with van der Waals surface area (Å²) in [4.78, 5) is 0. The van der Waals surface area contributed by atoms with E-state index >= 15 is 0 Å². The van der Waals surface area contributed by atoms with Gasteiger partial charge in [-0.1, -0.05) is 11.6 Å². The van der Waals surface area contributed by atoms with Crippen LogP contribution in [-0.4, -0.2) is 22.3 Å². The minimum Gasteiger partial charge on any atom is -0.505 e. The van der Waals surface area contributed by atoms with Crippen molar-refractivity contribution in [2.24, 2.45) is 0 Å². The number of halogens is 2. The summed E-state index contributed by atoms with van der Waals surface area (Å²) in [5, 5.41) is 22.9. The molecule has 3 N–H and O–H groups in total. The topological polar surface area (TPSA) is 52.5 Å². The molecule has 1 aromatic carbocycles. The van der Waals surface area contributed by atoms with Crippen molar-refractivity contribution in [3.63, 3.8) is 0 Å². The van der Waals surface area contributed by atoms with Gasteiger partial charge in [-0.2, -0.15) is 0 Å². The first kappa shape index (κ1) is 14.8. The lowest BCUT2D eigenvalue weighted by molar-refractivity contribution is 0.163. The normalized spacial score (nSPS) is 13.8. The fourth-order valence-corrected chi connectivity index (χ4v) is 2.12. The molecular formula is C12H17BrClNO2. The molecule has 0 aliphatic carbocycles. The summed E-state index contributed by atoms with van der Waals surface area (Å²) in [6.07, 6.45) is -0.663. The zero-order valence-corrected chi connectivity index (χ0v) is 12.4. The summed E-state index contributed by atoms with van der Waals surface area (Å²) >= 11 is 9.03. The van der Waals surface area contributed by atoms with Crippen molar-refractivity contribution in [1.29, 1.82) is 0 Å². The average molecular weight is 323 g/mol. The summed E-state index contributed by atoms with van der Waals surface area (Å²) < 4.78 is 0.481. The smallest absolute Gasteiger partial charge is 0.148 e. The molecule has 0 aliphatic heterocycles. The molecule has 17 heavy (non-hydrogen) atoms. The van der Waals surface area contributed by atoms with E-state index < -0.39 is 6.10 Å². The van der Waals surface area contributed by atoms with E-state index in [1.807, 2.05) is 20.8 Å². The molecule has 96 valence electrons. The minimum absolute atomic E-state index is 0.00797. The van der Waals surface area contributed by atoms with Crippen LogP contribution in [0.1, 0.15) is 32.4 Å². The molecule has 1 aromatic rings. The Bertz CT molecular complexity index is 381. The monoisotopic (exact) mass is 321 g/mol. The van der Waals surface area contributed by atoms with Gasteiger partial charge >= 0.3 is 0 Å². The van der Waals surface area contributed by atoms with Crippen LogP contribution in [0.4, 0.5) is 0 Å². The standard InChI is InChI=1S/C12H17BrClNO2/c1-12(2,3)15-6-10(16)7-4-8(13)11(17)9(14)5-7/h4-5,10,15-17H,6H2,1-3H3. The molecule has 0 saturated carbocycles. The Balaban J connectivity index is 2.79. The third kappa shape index (κ3) is 4.47. The second-order valence-electron chi connectivity index (χ2n) is 4.98. The lowest BCUT2D eigenvalue weighted by atomic mass is 10.1. The number of phenols is 1. The van der Waals surface area contributed by atoms with Crippen molar-refractivity contribution in [2.45, 2.75) is 32.4 Å². The number of hydrogen-bond acceptors (Lipinski definition) is 3.